The minimum absolute atomic E-state index is 0.0416. The zero-order chi connectivity index (χ0) is 16.0. The number of alkyl halides is 3. The fourth-order valence-corrected chi connectivity index (χ4v) is 1.69. The van der Waals surface area contributed by atoms with Crippen LogP contribution in [0.4, 0.5) is 13.2 Å². The second-order valence-electron chi connectivity index (χ2n) is 4.78. The van der Waals surface area contributed by atoms with E-state index in [9.17, 15) is 18.0 Å². The van der Waals surface area contributed by atoms with Crippen molar-refractivity contribution < 1.29 is 22.7 Å². The van der Waals surface area contributed by atoms with Gasteiger partial charge < -0.3 is 15.4 Å². The van der Waals surface area contributed by atoms with Crippen LogP contribution in [0.25, 0.3) is 0 Å². The zero-order valence-corrected chi connectivity index (χ0v) is 12.0. The van der Waals surface area contributed by atoms with E-state index in [0.29, 0.717) is 13.0 Å². The third-order valence-corrected chi connectivity index (χ3v) is 3.18. The van der Waals surface area contributed by atoms with E-state index in [1.165, 1.54) is 24.3 Å². The van der Waals surface area contributed by atoms with Crippen molar-refractivity contribution in [1.29, 1.82) is 0 Å². The maximum absolute atomic E-state index is 12.0. The lowest BCUT2D eigenvalue weighted by Crippen LogP contribution is -2.39. The van der Waals surface area contributed by atoms with Gasteiger partial charge in [0.1, 0.15) is 5.75 Å². The maximum atomic E-state index is 12.0. The number of hydrogen-bond acceptors (Lipinski definition) is 3. The third kappa shape index (κ3) is 6.03. The summed E-state index contributed by atoms with van der Waals surface area (Å²) in [6, 6.07) is 5.46. The molecule has 118 valence electrons. The zero-order valence-electron chi connectivity index (χ0n) is 12.0. The second kappa shape index (κ2) is 7.31. The molecule has 21 heavy (non-hydrogen) atoms. The lowest BCUT2D eigenvalue weighted by Gasteiger charge is -2.23. The third-order valence-electron chi connectivity index (χ3n) is 3.18. The predicted molar refractivity (Wildman–Crippen MR) is 72.7 cm³/mol. The summed E-state index contributed by atoms with van der Waals surface area (Å²) in [6.07, 6.45) is -3.97. The highest BCUT2D eigenvalue weighted by atomic mass is 19.4. The van der Waals surface area contributed by atoms with E-state index in [0.717, 1.165) is 5.56 Å². The summed E-state index contributed by atoms with van der Waals surface area (Å²) in [5.74, 6) is -0.324. The first-order valence-corrected chi connectivity index (χ1v) is 6.53. The minimum atomic E-state index is -4.70. The van der Waals surface area contributed by atoms with Crippen LogP contribution in [0.2, 0.25) is 0 Å². The highest BCUT2D eigenvalue weighted by Gasteiger charge is 2.30. The highest BCUT2D eigenvalue weighted by molar-refractivity contribution is 5.76. The normalized spacial score (nSPS) is 12.9. The number of ether oxygens (including phenoxy) is 1. The summed E-state index contributed by atoms with van der Waals surface area (Å²) in [4.78, 5) is 13.4. The minimum Gasteiger partial charge on any atom is -0.406 e. The van der Waals surface area contributed by atoms with Crippen LogP contribution in [-0.2, 0) is 11.2 Å². The largest absolute Gasteiger partial charge is 0.573 e. The van der Waals surface area contributed by atoms with Crippen LogP contribution in [0.15, 0.2) is 24.3 Å². The summed E-state index contributed by atoms with van der Waals surface area (Å²) >= 11 is 0. The van der Waals surface area contributed by atoms with Crippen molar-refractivity contribution in [3.63, 3.8) is 0 Å². The molecule has 7 heteroatoms. The van der Waals surface area contributed by atoms with Crippen molar-refractivity contribution >= 4 is 5.91 Å². The smallest absolute Gasteiger partial charge is 0.406 e. The van der Waals surface area contributed by atoms with E-state index in [1.54, 1.807) is 11.9 Å². The summed E-state index contributed by atoms with van der Waals surface area (Å²) < 4.78 is 39.8. The Bertz CT molecular complexity index is 460. The predicted octanol–water partition coefficient (Wildman–Crippen LogP) is 2.32. The van der Waals surface area contributed by atoms with Crippen LogP contribution in [-0.4, -0.2) is 36.8 Å². The molecular weight excluding hydrogens is 285 g/mol. The van der Waals surface area contributed by atoms with E-state index < -0.39 is 6.36 Å². The molecule has 1 aromatic rings. The molecule has 0 heterocycles. The van der Waals surface area contributed by atoms with Gasteiger partial charge in [-0.1, -0.05) is 12.1 Å². The summed E-state index contributed by atoms with van der Waals surface area (Å²) in [5.41, 5.74) is 6.26. The van der Waals surface area contributed by atoms with Crippen LogP contribution in [0, 0.1) is 0 Å². The molecule has 0 aliphatic rings. The summed E-state index contributed by atoms with van der Waals surface area (Å²) in [6.45, 7) is 2.23. The molecule has 1 amide bonds. The Balaban J connectivity index is 2.51. The Morgan fingerprint density at radius 3 is 2.38 bits per heavy atom. The van der Waals surface area contributed by atoms with Crippen LogP contribution >= 0.6 is 0 Å². The molecule has 4 nitrogen and oxygen atoms in total. The molecular formula is C14H19F3N2O2. The van der Waals surface area contributed by atoms with Crippen LogP contribution in [0.1, 0.15) is 18.9 Å². The van der Waals surface area contributed by atoms with Crippen molar-refractivity contribution in [2.24, 2.45) is 5.73 Å². The van der Waals surface area contributed by atoms with Gasteiger partial charge in [-0.3, -0.25) is 4.79 Å². The molecule has 0 spiro atoms. The number of aryl methyl sites for hydroxylation is 1. The van der Waals surface area contributed by atoms with E-state index in [1.807, 2.05) is 6.92 Å². The number of carbonyl (C=O) groups is 1. The first kappa shape index (κ1) is 17.3. The highest BCUT2D eigenvalue weighted by Crippen LogP contribution is 2.23. The Hall–Kier alpha value is -1.76. The topological polar surface area (TPSA) is 55.6 Å². The number of benzene rings is 1. The van der Waals surface area contributed by atoms with E-state index in [-0.39, 0.29) is 24.1 Å². The molecule has 0 saturated carbocycles. The average Bonchev–Trinajstić information content (AvgIpc) is 2.42. The number of likely N-dealkylation sites (N-methyl/N-ethyl adjacent to an activating group) is 1. The van der Waals surface area contributed by atoms with Gasteiger partial charge in [0.15, 0.2) is 0 Å². The second-order valence-corrected chi connectivity index (χ2v) is 4.78. The van der Waals surface area contributed by atoms with Gasteiger partial charge in [0.25, 0.3) is 0 Å². The molecule has 0 radical (unpaired) electrons. The van der Waals surface area contributed by atoms with Crippen molar-refractivity contribution in [2.45, 2.75) is 32.2 Å². The van der Waals surface area contributed by atoms with Gasteiger partial charge in [0.2, 0.25) is 5.91 Å². The summed E-state index contributed by atoms with van der Waals surface area (Å²) in [5, 5.41) is 0. The quantitative estimate of drug-likeness (QED) is 0.877. The Morgan fingerprint density at radius 1 is 1.33 bits per heavy atom. The van der Waals surface area contributed by atoms with Crippen molar-refractivity contribution in [3.05, 3.63) is 29.8 Å². The lowest BCUT2D eigenvalue weighted by molar-refractivity contribution is -0.274. The first-order chi connectivity index (χ1) is 9.73. The van der Waals surface area contributed by atoms with E-state index >= 15 is 0 Å². The van der Waals surface area contributed by atoms with Gasteiger partial charge in [-0.05, 0) is 31.0 Å². The average molecular weight is 304 g/mol. The van der Waals surface area contributed by atoms with Crippen molar-refractivity contribution in [1.82, 2.24) is 4.90 Å². The fraction of sp³-hybridized carbons (Fsp3) is 0.500. The monoisotopic (exact) mass is 304 g/mol. The van der Waals surface area contributed by atoms with Crippen LogP contribution in [0.3, 0.4) is 0 Å². The van der Waals surface area contributed by atoms with E-state index in [4.69, 9.17) is 5.73 Å². The molecule has 0 aromatic heterocycles. The first-order valence-electron chi connectivity index (χ1n) is 6.53. The Kier molecular flexibility index (Phi) is 6.02. The molecule has 0 saturated heterocycles. The number of rotatable bonds is 6. The molecule has 0 bridgehead atoms. The molecule has 0 fully saturated rings. The van der Waals surface area contributed by atoms with E-state index in [2.05, 4.69) is 4.74 Å². The number of carbonyl (C=O) groups excluding carboxylic acids is 1. The van der Waals surface area contributed by atoms with Gasteiger partial charge in [-0.15, -0.1) is 13.2 Å². The molecule has 0 aliphatic heterocycles. The van der Waals surface area contributed by atoms with Gasteiger partial charge >= 0.3 is 6.36 Å². The van der Waals surface area contributed by atoms with Crippen LogP contribution < -0.4 is 10.5 Å². The molecule has 0 aliphatic carbocycles. The number of hydrogen-bond donors (Lipinski definition) is 1. The fourth-order valence-electron chi connectivity index (χ4n) is 1.69. The van der Waals surface area contributed by atoms with Gasteiger partial charge in [-0.25, -0.2) is 0 Å². The van der Waals surface area contributed by atoms with Crippen molar-refractivity contribution in [3.8, 4) is 5.75 Å². The van der Waals surface area contributed by atoms with Crippen molar-refractivity contribution in [2.75, 3.05) is 13.6 Å². The molecule has 2 N–H and O–H groups in total. The number of nitrogens with two attached hydrogens (primary N) is 1. The van der Waals surface area contributed by atoms with Gasteiger partial charge in [0.05, 0.1) is 0 Å². The molecule has 1 aromatic carbocycles. The number of amides is 1. The van der Waals surface area contributed by atoms with Gasteiger partial charge in [-0.2, -0.15) is 0 Å². The molecule has 1 unspecified atom stereocenters. The maximum Gasteiger partial charge on any atom is 0.573 e. The Labute approximate surface area is 121 Å². The molecule has 1 atom stereocenters. The number of nitrogens with zero attached hydrogens (tertiary/aromatic N) is 1. The standard InChI is InChI=1S/C14H19F3N2O2/c1-10(9-18)19(2)13(20)8-5-11-3-6-12(7-4-11)21-14(15,16)17/h3-4,6-7,10H,5,8-9,18H2,1-2H3. The lowest BCUT2D eigenvalue weighted by atomic mass is 10.1. The SMILES string of the molecule is CC(CN)N(C)C(=O)CCc1ccc(OC(F)(F)F)cc1. The van der Waals surface area contributed by atoms with Crippen LogP contribution in [0.5, 0.6) is 5.75 Å². The van der Waals surface area contributed by atoms with Gasteiger partial charge in [0, 0.05) is 26.1 Å². The Morgan fingerprint density at radius 2 is 1.90 bits per heavy atom. The summed E-state index contributed by atoms with van der Waals surface area (Å²) in [7, 11) is 1.68. The molecule has 1 rings (SSSR count). The number of halogens is 3.